The standard InChI is InChI=1S/C19H21NO2/c1-14(15-12-13-15)20(16-8-4-3-5-9-16)19(21)17-10-6-7-11-18(17)22-2/h3-11,14-15H,12-13H2,1-2H3/t14-/m1/s1. The lowest BCUT2D eigenvalue weighted by atomic mass is 10.1. The number of anilines is 1. The average Bonchev–Trinajstić information content (AvgIpc) is 3.40. The van der Waals surface area contributed by atoms with Crippen LogP contribution in [0, 0.1) is 5.92 Å². The minimum atomic E-state index is 0.00282. The summed E-state index contributed by atoms with van der Waals surface area (Å²) < 4.78 is 5.36. The Morgan fingerprint density at radius 2 is 1.73 bits per heavy atom. The van der Waals surface area contributed by atoms with Crippen LogP contribution in [-0.4, -0.2) is 19.1 Å². The minimum absolute atomic E-state index is 0.00282. The second-order valence-corrected chi connectivity index (χ2v) is 5.79. The smallest absolute Gasteiger partial charge is 0.262 e. The number of hydrogen-bond donors (Lipinski definition) is 0. The molecule has 0 aromatic heterocycles. The van der Waals surface area contributed by atoms with E-state index < -0.39 is 0 Å². The molecule has 0 spiro atoms. The Bertz CT molecular complexity index is 649. The quantitative estimate of drug-likeness (QED) is 0.829. The molecule has 0 saturated heterocycles. The molecule has 0 aliphatic heterocycles. The lowest BCUT2D eigenvalue weighted by Gasteiger charge is -2.30. The number of para-hydroxylation sites is 2. The average molecular weight is 295 g/mol. The SMILES string of the molecule is COc1ccccc1C(=O)N(c1ccccc1)[C@H](C)C1CC1. The zero-order valence-electron chi connectivity index (χ0n) is 13.0. The van der Waals surface area contributed by atoms with Crippen LogP contribution in [0.1, 0.15) is 30.1 Å². The molecule has 1 amide bonds. The zero-order chi connectivity index (χ0) is 15.5. The highest BCUT2D eigenvalue weighted by Gasteiger charge is 2.36. The molecule has 1 aliphatic rings. The van der Waals surface area contributed by atoms with Gasteiger partial charge in [0.15, 0.2) is 0 Å². The van der Waals surface area contributed by atoms with E-state index in [2.05, 4.69) is 6.92 Å². The lowest BCUT2D eigenvalue weighted by molar-refractivity contribution is 0.0972. The third kappa shape index (κ3) is 2.84. The molecule has 3 nitrogen and oxygen atoms in total. The van der Waals surface area contributed by atoms with E-state index in [1.54, 1.807) is 7.11 Å². The van der Waals surface area contributed by atoms with Gasteiger partial charge in [-0.25, -0.2) is 0 Å². The minimum Gasteiger partial charge on any atom is -0.496 e. The monoisotopic (exact) mass is 295 g/mol. The van der Waals surface area contributed by atoms with Gasteiger partial charge in [0.2, 0.25) is 0 Å². The van der Waals surface area contributed by atoms with E-state index in [9.17, 15) is 4.79 Å². The van der Waals surface area contributed by atoms with Crippen molar-refractivity contribution < 1.29 is 9.53 Å². The van der Waals surface area contributed by atoms with E-state index in [1.807, 2.05) is 59.5 Å². The first-order valence-electron chi connectivity index (χ1n) is 7.74. The van der Waals surface area contributed by atoms with Gasteiger partial charge in [-0.05, 0) is 49.9 Å². The van der Waals surface area contributed by atoms with Gasteiger partial charge in [-0.3, -0.25) is 4.79 Å². The van der Waals surface area contributed by atoms with Crippen molar-refractivity contribution in [3.8, 4) is 5.75 Å². The van der Waals surface area contributed by atoms with Gasteiger partial charge < -0.3 is 9.64 Å². The van der Waals surface area contributed by atoms with Crippen molar-refractivity contribution in [2.24, 2.45) is 5.92 Å². The molecule has 22 heavy (non-hydrogen) atoms. The molecular formula is C19H21NO2. The molecule has 3 rings (SSSR count). The Hall–Kier alpha value is -2.29. The topological polar surface area (TPSA) is 29.5 Å². The van der Waals surface area contributed by atoms with Gasteiger partial charge in [-0.2, -0.15) is 0 Å². The first kappa shape index (κ1) is 14.6. The number of hydrogen-bond acceptors (Lipinski definition) is 2. The summed E-state index contributed by atoms with van der Waals surface area (Å²) in [5, 5.41) is 0. The van der Waals surface area contributed by atoms with E-state index in [0.29, 0.717) is 17.2 Å². The zero-order valence-corrected chi connectivity index (χ0v) is 13.0. The van der Waals surface area contributed by atoms with Crippen molar-refractivity contribution in [1.82, 2.24) is 0 Å². The Labute approximate surface area is 131 Å². The normalized spacial score (nSPS) is 15.2. The van der Waals surface area contributed by atoms with Gasteiger partial charge >= 0.3 is 0 Å². The van der Waals surface area contributed by atoms with Gasteiger partial charge in [0.1, 0.15) is 5.75 Å². The second-order valence-electron chi connectivity index (χ2n) is 5.79. The van der Waals surface area contributed by atoms with Crippen molar-refractivity contribution in [3.05, 3.63) is 60.2 Å². The van der Waals surface area contributed by atoms with E-state index in [4.69, 9.17) is 4.74 Å². The highest BCUT2D eigenvalue weighted by atomic mass is 16.5. The van der Waals surface area contributed by atoms with Crippen molar-refractivity contribution >= 4 is 11.6 Å². The number of methoxy groups -OCH3 is 1. The van der Waals surface area contributed by atoms with Crippen molar-refractivity contribution in [1.29, 1.82) is 0 Å². The Balaban J connectivity index is 2.00. The van der Waals surface area contributed by atoms with Crippen molar-refractivity contribution in [2.75, 3.05) is 12.0 Å². The molecule has 0 radical (unpaired) electrons. The summed E-state index contributed by atoms with van der Waals surface area (Å²) in [4.78, 5) is 15.1. The molecule has 1 aliphatic carbocycles. The van der Waals surface area contributed by atoms with Crippen LogP contribution >= 0.6 is 0 Å². The predicted molar refractivity (Wildman–Crippen MR) is 88.4 cm³/mol. The molecule has 3 heteroatoms. The molecule has 0 bridgehead atoms. The molecule has 2 aromatic carbocycles. The van der Waals surface area contributed by atoms with Crippen LogP contribution in [0.25, 0.3) is 0 Å². The molecule has 1 atom stereocenters. The maximum absolute atomic E-state index is 13.1. The summed E-state index contributed by atoms with van der Waals surface area (Å²) in [5.41, 5.74) is 1.55. The number of benzene rings is 2. The van der Waals surface area contributed by atoms with E-state index in [0.717, 1.165) is 5.69 Å². The van der Waals surface area contributed by atoms with Gasteiger partial charge in [0.05, 0.1) is 12.7 Å². The summed E-state index contributed by atoms with van der Waals surface area (Å²) in [5.74, 6) is 1.22. The fourth-order valence-corrected chi connectivity index (χ4v) is 2.87. The third-order valence-corrected chi connectivity index (χ3v) is 4.30. The number of amides is 1. The number of carbonyl (C=O) groups excluding carboxylic acids is 1. The van der Waals surface area contributed by atoms with Crippen LogP contribution in [0.4, 0.5) is 5.69 Å². The fourth-order valence-electron chi connectivity index (χ4n) is 2.87. The van der Waals surface area contributed by atoms with Crippen molar-refractivity contribution in [2.45, 2.75) is 25.8 Å². The largest absolute Gasteiger partial charge is 0.496 e. The van der Waals surface area contributed by atoms with Crippen LogP contribution in [0.15, 0.2) is 54.6 Å². The van der Waals surface area contributed by atoms with Crippen LogP contribution in [-0.2, 0) is 0 Å². The predicted octanol–water partition coefficient (Wildman–Crippen LogP) is 4.14. The van der Waals surface area contributed by atoms with Crippen LogP contribution in [0.3, 0.4) is 0 Å². The van der Waals surface area contributed by atoms with Crippen LogP contribution < -0.4 is 9.64 Å². The number of nitrogens with zero attached hydrogens (tertiary/aromatic N) is 1. The molecule has 0 unspecified atom stereocenters. The molecule has 0 heterocycles. The Kier molecular flexibility index (Phi) is 4.14. The van der Waals surface area contributed by atoms with Gasteiger partial charge in [-0.15, -0.1) is 0 Å². The van der Waals surface area contributed by atoms with Gasteiger partial charge in [0, 0.05) is 11.7 Å². The van der Waals surface area contributed by atoms with E-state index in [-0.39, 0.29) is 11.9 Å². The fraction of sp³-hybridized carbons (Fsp3) is 0.316. The first-order chi connectivity index (χ1) is 10.7. The maximum atomic E-state index is 13.1. The first-order valence-corrected chi connectivity index (χ1v) is 7.74. The van der Waals surface area contributed by atoms with Gasteiger partial charge in [0.25, 0.3) is 5.91 Å². The molecule has 1 saturated carbocycles. The summed E-state index contributed by atoms with van der Waals surface area (Å²) in [6.45, 7) is 2.14. The summed E-state index contributed by atoms with van der Waals surface area (Å²) in [7, 11) is 1.60. The number of carbonyl (C=O) groups is 1. The molecule has 0 N–H and O–H groups in total. The number of ether oxygens (including phenoxy) is 1. The van der Waals surface area contributed by atoms with Crippen LogP contribution in [0.5, 0.6) is 5.75 Å². The summed E-state index contributed by atoms with van der Waals surface area (Å²) in [6, 6.07) is 17.5. The molecule has 2 aromatic rings. The summed E-state index contributed by atoms with van der Waals surface area (Å²) in [6.07, 6.45) is 2.40. The Morgan fingerprint density at radius 3 is 2.36 bits per heavy atom. The third-order valence-electron chi connectivity index (χ3n) is 4.30. The van der Waals surface area contributed by atoms with Crippen LogP contribution in [0.2, 0.25) is 0 Å². The van der Waals surface area contributed by atoms with Gasteiger partial charge in [-0.1, -0.05) is 30.3 Å². The lowest BCUT2D eigenvalue weighted by Crippen LogP contribution is -2.40. The molecule has 114 valence electrons. The molecular weight excluding hydrogens is 274 g/mol. The Morgan fingerprint density at radius 1 is 1.09 bits per heavy atom. The summed E-state index contributed by atoms with van der Waals surface area (Å²) >= 11 is 0. The maximum Gasteiger partial charge on any atom is 0.262 e. The second kappa shape index (κ2) is 6.22. The van der Waals surface area contributed by atoms with E-state index in [1.165, 1.54) is 12.8 Å². The molecule has 1 fully saturated rings. The highest BCUT2D eigenvalue weighted by Crippen LogP contribution is 2.38. The van der Waals surface area contributed by atoms with Crippen molar-refractivity contribution in [3.63, 3.8) is 0 Å². The van der Waals surface area contributed by atoms with E-state index >= 15 is 0 Å². The highest BCUT2D eigenvalue weighted by molar-refractivity contribution is 6.08. The number of rotatable bonds is 5.